The van der Waals surface area contributed by atoms with Crippen LogP contribution >= 0.6 is 11.6 Å². The molecule has 0 aliphatic carbocycles. The van der Waals surface area contributed by atoms with Gasteiger partial charge in [-0.05, 0) is 50.1 Å². The van der Waals surface area contributed by atoms with E-state index in [1.54, 1.807) is 12.1 Å². The Morgan fingerprint density at radius 2 is 1.71 bits per heavy atom. The fourth-order valence-electron chi connectivity index (χ4n) is 2.01. The first-order valence-corrected chi connectivity index (χ1v) is 7.25. The Kier molecular flexibility index (Phi) is 4.86. The van der Waals surface area contributed by atoms with E-state index in [1.165, 1.54) is 5.56 Å². The summed E-state index contributed by atoms with van der Waals surface area (Å²) in [6.07, 6.45) is 0. The third kappa shape index (κ3) is 3.76. The molecule has 2 N–H and O–H groups in total. The van der Waals surface area contributed by atoms with Crippen LogP contribution in [0.3, 0.4) is 0 Å². The summed E-state index contributed by atoms with van der Waals surface area (Å²) in [5, 5.41) is 6.60. The predicted octanol–water partition coefficient (Wildman–Crippen LogP) is 4.40. The molecule has 2 rings (SSSR count). The third-order valence-electron chi connectivity index (χ3n) is 3.50. The quantitative estimate of drug-likeness (QED) is 0.879. The van der Waals surface area contributed by atoms with Crippen LogP contribution in [-0.4, -0.2) is 11.9 Å². The lowest BCUT2D eigenvalue weighted by Gasteiger charge is -2.18. The minimum absolute atomic E-state index is 0.121. The number of benzene rings is 2. The van der Waals surface area contributed by atoms with E-state index in [2.05, 4.69) is 23.6 Å². The Hall–Kier alpha value is -2.00. The van der Waals surface area contributed by atoms with Gasteiger partial charge in [-0.15, -0.1) is 0 Å². The molecule has 0 saturated heterocycles. The molecule has 0 aliphatic heterocycles. The molecule has 110 valence electrons. The molecule has 2 aromatic rings. The lowest BCUT2D eigenvalue weighted by atomic mass is 10.1. The Labute approximate surface area is 130 Å². The van der Waals surface area contributed by atoms with Gasteiger partial charge in [-0.25, -0.2) is 0 Å². The van der Waals surface area contributed by atoms with Crippen LogP contribution in [0.1, 0.15) is 18.1 Å². The number of para-hydroxylation sites is 1. The van der Waals surface area contributed by atoms with Crippen LogP contribution < -0.4 is 10.6 Å². The molecule has 0 saturated carbocycles. The third-order valence-corrected chi connectivity index (χ3v) is 3.83. The molecule has 4 heteroatoms. The van der Waals surface area contributed by atoms with Crippen LogP contribution in [0.2, 0.25) is 5.02 Å². The van der Waals surface area contributed by atoms with E-state index in [0.717, 1.165) is 11.3 Å². The monoisotopic (exact) mass is 302 g/mol. The summed E-state index contributed by atoms with van der Waals surface area (Å²) >= 11 is 6.04. The lowest BCUT2D eigenvalue weighted by Crippen LogP contribution is -2.32. The van der Waals surface area contributed by atoms with Crippen molar-refractivity contribution in [3.8, 4) is 0 Å². The molecule has 0 aromatic heterocycles. The van der Waals surface area contributed by atoms with Gasteiger partial charge in [0.1, 0.15) is 6.04 Å². The number of hydrogen-bond donors (Lipinski definition) is 2. The van der Waals surface area contributed by atoms with Crippen LogP contribution in [0, 0.1) is 13.8 Å². The fourth-order valence-corrected chi connectivity index (χ4v) is 2.19. The first kappa shape index (κ1) is 15.4. The topological polar surface area (TPSA) is 41.1 Å². The zero-order valence-corrected chi connectivity index (χ0v) is 13.2. The normalized spacial score (nSPS) is 11.8. The average molecular weight is 303 g/mol. The van der Waals surface area contributed by atoms with Crippen LogP contribution in [-0.2, 0) is 4.79 Å². The highest BCUT2D eigenvalue weighted by molar-refractivity contribution is 6.33. The van der Waals surface area contributed by atoms with E-state index in [1.807, 2.05) is 38.1 Å². The van der Waals surface area contributed by atoms with Gasteiger partial charge in [0.25, 0.3) is 0 Å². The van der Waals surface area contributed by atoms with Gasteiger partial charge in [0.2, 0.25) is 5.91 Å². The van der Waals surface area contributed by atoms with Crippen LogP contribution in [0.4, 0.5) is 11.4 Å². The van der Waals surface area contributed by atoms with Crippen molar-refractivity contribution >= 4 is 28.9 Å². The molecule has 0 radical (unpaired) electrons. The number of hydrogen-bond acceptors (Lipinski definition) is 2. The number of carbonyl (C=O) groups is 1. The van der Waals surface area contributed by atoms with Crippen molar-refractivity contribution < 1.29 is 4.79 Å². The van der Waals surface area contributed by atoms with E-state index in [-0.39, 0.29) is 11.9 Å². The van der Waals surface area contributed by atoms with E-state index in [4.69, 9.17) is 11.6 Å². The van der Waals surface area contributed by atoms with E-state index < -0.39 is 0 Å². The van der Waals surface area contributed by atoms with Crippen molar-refractivity contribution in [1.29, 1.82) is 0 Å². The Balaban J connectivity index is 2.06. The van der Waals surface area contributed by atoms with Crippen molar-refractivity contribution in [2.45, 2.75) is 26.8 Å². The summed E-state index contributed by atoms with van der Waals surface area (Å²) in [5.74, 6) is -0.121. The standard InChI is InChI=1S/C17H19ClN2O/c1-11-7-6-10-15(12(11)2)19-13(3)17(21)20-16-9-5-4-8-14(16)18/h4-10,13,19H,1-3H3,(H,20,21). The van der Waals surface area contributed by atoms with Crippen LogP contribution in [0.15, 0.2) is 42.5 Å². The number of rotatable bonds is 4. The maximum absolute atomic E-state index is 12.2. The number of amides is 1. The highest BCUT2D eigenvalue weighted by atomic mass is 35.5. The molecule has 3 nitrogen and oxygen atoms in total. The molecular weight excluding hydrogens is 284 g/mol. The Morgan fingerprint density at radius 1 is 1.05 bits per heavy atom. The number of anilines is 2. The molecule has 21 heavy (non-hydrogen) atoms. The molecule has 2 aromatic carbocycles. The van der Waals surface area contributed by atoms with E-state index in [0.29, 0.717) is 10.7 Å². The fraction of sp³-hybridized carbons (Fsp3) is 0.235. The molecule has 0 bridgehead atoms. The van der Waals surface area contributed by atoms with Gasteiger partial charge < -0.3 is 10.6 Å². The van der Waals surface area contributed by atoms with Gasteiger partial charge >= 0.3 is 0 Å². The second-order valence-electron chi connectivity index (χ2n) is 5.08. The summed E-state index contributed by atoms with van der Waals surface area (Å²) in [4.78, 5) is 12.2. The van der Waals surface area contributed by atoms with Crippen molar-refractivity contribution in [1.82, 2.24) is 0 Å². The summed E-state index contributed by atoms with van der Waals surface area (Å²) in [6, 6.07) is 12.8. The second-order valence-corrected chi connectivity index (χ2v) is 5.49. The Morgan fingerprint density at radius 3 is 2.43 bits per heavy atom. The van der Waals surface area contributed by atoms with Gasteiger partial charge in [0, 0.05) is 5.69 Å². The highest BCUT2D eigenvalue weighted by Crippen LogP contribution is 2.22. The van der Waals surface area contributed by atoms with E-state index >= 15 is 0 Å². The van der Waals surface area contributed by atoms with Crippen molar-refractivity contribution in [2.24, 2.45) is 0 Å². The first-order chi connectivity index (χ1) is 9.99. The van der Waals surface area contributed by atoms with Crippen molar-refractivity contribution in [3.05, 3.63) is 58.6 Å². The summed E-state index contributed by atoms with van der Waals surface area (Å²) < 4.78 is 0. The van der Waals surface area contributed by atoms with Gasteiger partial charge in [0.05, 0.1) is 10.7 Å². The minimum atomic E-state index is -0.359. The molecule has 1 unspecified atom stereocenters. The first-order valence-electron chi connectivity index (χ1n) is 6.87. The van der Waals surface area contributed by atoms with Crippen molar-refractivity contribution in [3.63, 3.8) is 0 Å². The lowest BCUT2D eigenvalue weighted by molar-refractivity contribution is -0.116. The number of aryl methyl sites for hydroxylation is 1. The zero-order valence-electron chi connectivity index (χ0n) is 12.4. The molecule has 0 heterocycles. The van der Waals surface area contributed by atoms with Gasteiger partial charge in [0.15, 0.2) is 0 Å². The van der Waals surface area contributed by atoms with Crippen molar-refractivity contribution in [2.75, 3.05) is 10.6 Å². The van der Waals surface area contributed by atoms with Gasteiger partial charge in [-0.1, -0.05) is 35.9 Å². The number of carbonyl (C=O) groups excluding carboxylic acids is 1. The highest BCUT2D eigenvalue weighted by Gasteiger charge is 2.15. The zero-order chi connectivity index (χ0) is 15.4. The van der Waals surface area contributed by atoms with E-state index in [9.17, 15) is 4.79 Å². The molecular formula is C17H19ClN2O. The SMILES string of the molecule is Cc1cccc(NC(C)C(=O)Nc2ccccc2Cl)c1C. The summed E-state index contributed by atoms with van der Waals surface area (Å²) in [7, 11) is 0. The second kappa shape index (κ2) is 6.64. The number of halogens is 1. The smallest absolute Gasteiger partial charge is 0.246 e. The van der Waals surface area contributed by atoms with Crippen LogP contribution in [0.25, 0.3) is 0 Å². The maximum atomic E-state index is 12.2. The average Bonchev–Trinajstić information content (AvgIpc) is 2.46. The molecule has 1 amide bonds. The summed E-state index contributed by atoms with van der Waals surface area (Å²) in [6.45, 7) is 5.92. The maximum Gasteiger partial charge on any atom is 0.246 e. The van der Waals surface area contributed by atoms with Crippen LogP contribution in [0.5, 0.6) is 0 Å². The predicted molar refractivity (Wildman–Crippen MR) is 89.1 cm³/mol. The molecule has 1 atom stereocenters. The number of nitrogens with one attached hydrogen (secondary N) is 2. The molecule has 0 spiro atoms. The largest absolute Gasteiger partial charge is 0.374 e. The summed E-state index contributed by atoms with van der Waals surface area (Å²) in [5.41, 5.74) is 3.93. The van der Waals surface area contributed by atoms with Gasteiger partial charge in [-0.3, -0.25) is 4.79 Å². The minimum Gasteiger partial charge on any atom is -0.374 e. The Bertz CT molecular complexity index is 655. The van der Waals surface area contributed by atoms with Gasteiger partial charge in [-0.2, -0.15) is 0 Å². The molecule has 0 fully saturated rings. The molecule has 0 aliphatic rings.